The van der Waals surface area contributed by atoms with Gasteiger partial charge in [0, 0.05) is 6.04 Å². The van der Waals surface area contributed by atoms with E-state index in [1.54, 1.807) is 17.1 Å². The fourth-order valence-electron chi connectivity index (χ4n) is 1.57. The molecule has 102 valence electrons. The molecule has 0 aliphatic carbocycles. The Balaban J connectivity index is 2.66. The highest BCUT2D eigenvalue weighted by Crippen LogP contribution is 2.17. The van der Waals surface area contributed by atoms with Crippen molar-refractivity contribution in [2.75, 3.05) is 7.11 Å². The molecule has 0 spiro atoms. The summed E-state index contributed by atoms with van der Waals surface area (Å²) in [6.07, 6.45) is 5.49. The van der Waals surface area contributed by atoms with Crippen LogP contribution in [-0.4, -0.2) is 29.0 Å². The minimum absolute atomic E-state index is 0.273. The lowest BCUT2D eigenvalue weighted by Gasteiger charge is -2.15. The fraction of sp³-hybridized carbons (Fsp3) is 0.692. The largest absolute Gasteiger partial charge is 0.475 e. The lowest BCUT2D eigenvalue weighted by atomic mass is 10.1. The van der Waals surface area contributed by atoms with Gasteiger partial charge >= 0.3 is 5.97 Å². The van der Waals surface area contributed by atoms with E-state index in [4.69, 9.17) is 9.47 Å². The molecule has 18 heavy (non-hydrogen) atoms. The fourth-order valence-corrected chi connectivity index (χ4v) is 1.57. The smallest absolute Gasteiger partial charge is 0.347 e. The monoisotopic (exact) mass is 254 g/mol. The number of methoxy groups -OCH3 is 1. The minimum Gasteiger partial charge on any atom is -0.475 e. The van der Waals surface area contributed by atoms with E-state index in [1.165, 1.54) is 7.11 Å². The van der Waals surface area contributed by atoms with Gasteiger partial charge in [0.1, 0.15) is 0 Å². The van der Waals surface area contributed by atoms with Crippen LogP contribution >= 0.6 is 0 Å². The van der Waals surface area contributed by atoms with E-state index in [2.05, 4.69) is 12.0 Å². The third kappa shape index (κ3) is 4.05. The normalized spacial score (nSPS) is 12.5. The van der Waals surface area contributed by atoms with Crippen molar-refractivity contribution >= 4 is 5.97 Å². The molecular weight excluding hydrogens is 232 g/mol. The SMILES string of the molecule is CCCCC(Oc1cnn(C(C)C)c1)C(=O)OC. The van der Waals surface area contributed by atoms with Crippen LogP contribution in [0, 0.1) is 0 Å². The second kappa shape index (κ2) is 7.03. The Kier molecular flexibility index (Phi) is 5.68. The molecule has 5 nitrogen and oxygen atoms in total. The number of ether oxygens (including phenoxy) is 2. The number of rotatable bonds is 7. The van der Waals surface area contributed by atoms with Crippen LogP contribution in [0.5, 0.6) is 5.75 Å². The van der Waals surface area contributed by atoms with E-state index in [1.807, 2.05) is 13.8 Å². The molecule has 0 aliphatic rings. The third-order valence-corrected chi connectivity index (χ3v) is 2.67. The van der Waals surface area contributed by atoms with Gasteiger partial charge in [-0.2, -0.15) is 5.10 Å². The molecule has 1 unspecified atom stereocenters. The summed E-state index contributed by atoms with van der Waals surface area (Å²) in [6, 6.07) is 0.273. The molecule has 0 saturated carbocycles. The van der Waals surface area contributed by atoms with Gasteiger partial charge in [-0.25, -0.2) is 4.79 Å². The van der Waals surface area contributed by atoms with Crippen molar-refractivity contribution in [3.8, 4) is 5.75 Å². The van der Waals surface area contributed by atoms with E-state index in [0.717, 1.165) is 12.8 Å². The summed E-state index contributed by atoms with van der Waals surface area (Å²) in [6.45, 7) is 6.14. The zero-order chi connectivity index (χ0) is 13.5. The van der Waals surface area contributed by atoms with Crippen LogP contribution < -0.4 is 4.74 Å². The summed E-state index contributed by atoms with van der Waals surface area (Å²) in [5.74, 6) is 0.274. The standard InChI is InChI=1S/C13H22N2O3/c1-5-6-7-12(13(16)17-4)18-11-8-14-15(9-11)10(2)3/h8-10,12H,5-7H2,1-4H3. The van der Waals surface area contributed by atoms with Gasteiger partial charge in [0.15, 0.2) is 11.9 Å². The van der Waals surface area contributed by atoms with Gasteiger partial charge in [0.2, 0.25) is 0 Å². The summed E-state index contributed by atoms with van der Waals surface area (Å²) in [5.41, 5.74) is 0. The van der Waals surface area contributed by atoms with Crippen LogP contribution in [0.25, 0.3) is 0 Å². The maximum Gasteiger partial charge on any atom is 0.347 e. The van der Waals surface area contributed by atoms with Crippen LogP contribution in [-0.2, 0) is 9.53 Å². The first-order valence-corrected chi connectivity index (χ1v) is 6.37. The van der Waals surface area contributed by atoms with E-state index < -0.39 is 6.10 Å². The Morgan fingerprint density at radius 3 is 2.72 bits per heavy atom. The maximum atomic E-state index is 11.6. The van der Waals surface area contributed by atoms with Crippen molar-refractivity contribution in [3.05, 3.63) is 12.4 Å². The van der Waals surface area contributed by atoms with Crippen LogP contribution in [0.1, 0.15) is 46.1 Å². The van der Waals surface area contributed by atoms with Gasteiger partial charge in [-0.3, -0.25) is 4.68 Å². The first-order valence-electron chi connectivity index (χ1n) is 6.37. The molecule has 0 radical (unpaired) electrons. The van der Waals surface area contributed by atoms with E-state index in [0.29, 0.717) is 12.2 Å². The Bertz CT molecular complexity index is 374. The predicted molar refractivity (Wildman–Crippen MR) is 68.6 cm³/mol. The summed E-state index contributed by atoms with van der Waals surface area (Å²) in [4.78, 5) is 11.6. The molecule has 5 heteroatoms. The quantitative estimate of drug-likeness (QED) is 0.702. The van der Waals surface area contributed by atoms with Crippen LogP contribution in [0.3, 0.4) is 0 Å². The van der Waals surface area contributed by atoms with Crippen molar-refractivity contribution in [1.29, 1.82) is 0 Å². The first kappa shape index (κ1) is 14.5. The van der Waals surface area contributed by atoms with E-state index in [9.17, 15) is 4.79 Å². The van der Waals surface area contributed by atoms with Crippen molar-refractivity contribution in [1.82, 2.24) is 9.78 Å². The number of hydrogen-bond acceptors (Lipinski definition) is 4. The highest BCUT2D eigenvalue weighted by atomic mass is 16.6. The highest BCUT2D eigenvalue weighted by Gasteiger charge is 2.21. The average molecular weight is 254 g/mol. The Morgan fingerprint density at radius 1 is 1.50 bits per heavy atom. The van der Waals surface area contributed by atoms with Gasteiger partial charge in [-0.05, 0) is 26.7 Å². The molecule has 0 aliphatic heterocycles. The molecule has 0 N–H and O–H groups in total. The van der Waals surface area contributed by atoms with Crippen LogP contribution in [0.4, 0.5) is 0 Å². The first-order chi connectivity index (χ1) is 8.58. The topological polar surface area (TPSA) is 53.4 Å². The van der Waals surface area contributed by atoms with Gasteiger partial charge in [0.05, 0.1) is 19.5 Å². The summed E-state index contributed by atoms with van der Waals surface area (Å²) in [5, 5.41) is 4.17. The number of carbonyl (C=O) groups excluding carboxylic acids is 1. The second-order valence-corrected chi connectivity index (χ2v) is 4.52. The lowest BCUT2D eigenvalue weighted by Crippen LogP contribution is -2.28. The van der Waals surface area contributed by atoms with Gasteiger partial charge in [-0.1, -0.05) is 13.3 Å². The lowest BCUT2D eigenvalue weighted by molar-refractivity contribution is -0.149. The highest BCUT2D eigenvalue weighted by molar-refractivity contribution is 5.74. The molecule has 0 aromatic carbocycles. The number of carbonyl (C=O) groups is 1. The van der Waals surface area contributed by atoms with Crippen molar-refractivity contribution < 1.29 is 14.3 Å². The number of nitrogens with zero attached hydrogens (tertiary/aromatic N) is 2. The number of hydrogen-bond donors (Lipinski definition) is 0. The van der Waals surface area contributed by atoms with Crippen LogP contribution in [0.15, 0.2) is 12.4 Å². The number of esters is 1. The molecule has 0 fully saturated rings. The zero-order valence-electron chi connectivity index (χ0n) is 11.5. The van der Waals surface area contributed by atoms with Crippen molar-refractivity contribution in [2.45, 2.75) is 52.2 Å². The molecule has 1 rings (SSSR count). The average Bonchev–Trinajstić information content (AvgIpc) is 2.82. The molecule has 0 amide bonds. The zero-order valence-corrected chi connectivity index (χ0v) is 11.5. The number of unbranched alkanes of at least 4 members (excludes halogenated alkanes) is 1. The maximum absolute atomic E-state index is 11.6. The number of aromatic nitrogens is 2. The minimum atomic E-state index is -0.542. The van der Waals surface area contributed by atoms with Gasteiger partial charge < -0.3 is 9.47 Å². The van der Waals surface area contributed by atoms with E-state index in [-0.39, 0.29) is 12.0 Å². The Hall–Kier alpha value is -1.52. The predicted octanol–water partition coefficient (Wildman–Crippen LogP) is 2.57. The Morgan fingerprint density at radius 2 is 2.22 bits per heavy atom. The van der Waals surface area contributed by atoms with Gasteiger partial charge in [0.25, 0.3) is 0 Å². The summed E-state index contributed by atoms with van der Waals surface area (Å²) >= 11 is 0. The van der Waals surface area contributed by atoms with Crippen LogP contribution in [0.2, 0.25) is 0 Å². The van der Waals surface area contributed by atoms with E-state index >= 15 is 0 Å². The molecule has 1 heterocycles. The Labute approximate surface area is 108 Å². The van der Waals surface area contributed by atoms with Crippen molar-refractivity contribution in [2.24, 2.45) is 0 Å². The molecular formula is C13H22N2O3. The molecule has 1 atom stereocenters. The molecule has 1 aromatic heterocycles. The second-order valence-electron chi connectivity index (χ2n) is 4.52. The molecule has 0 saturated heterocycles. The summed E-state index contributed by atoms with van der Waals surface area (Å²) in [7, 11) is 1.38. The molecule has 1 aromatic rings. The summed E-state index contributed by atoms with van der Waals surface area (Å²) < 4.78 is 12.2. The molecule has 0 bridgehead atoms. The third-order valence-electron chi connectivity index (χ3n) is 2.67. The van der Waals surface area contributed by atoms with Gasteiger partial charge in [-0.15, -0.1) is 0 Å². The van der Waals surface area contributed by atoms with Crippen molar-refractivity contribution in [3.63, 3.8) is 0 Å².